The normalized spacial score (nSPS) is 9.57. The monoisotopic (exact) mass is 145 g/mol. The molecule has 5 nitrogen and oxygen atoms in total. The van der Waals surface area contributed by atoms with Crippen LogP contribution in [0, 0.1) is 0 Å². The van der Waals surface area contributed by atoms with E-state index in [4.69, 9.17) is 17.8 Å². The van der Waals surface area contributed by atoms with E-state index in [0.29, 0.717) is 10.5 Å². The first kappa shape index (κ1) is 10.1. The van der Waals surface area contributed by atoms with Gasteiger partial charge in [-0.15, -0.1) is 0 Å². The molecule has 0 fully saturated rings. The lowest BCUT2D eigenvalue weighted by Crippen LogP contribution is -2.08. The molecule has 7 heteroatoms. The lowest BCUT2D eigenvalue weighted by molar-refractivity contribution is 0.485. The molecule has 0 radical (unpaired) electrons. The van der Waals surface area contributed by atoms with Gasteiger partial charge in [-0.25, -0.2) is 5.14 Å². The molecule has 0 aromatic heterocycles. The molecule has 0 rings (SSSR count). The number of rotatable bonds is 0. The highest BCUT2D eigenvalue weighted by Crippen LogP contribution is 1.50. The van der Waals surface area contributed by atoms with Gasteiger partial charge in [-0.3, -0.25) is 4.55 Å². The molecule has 0 saturated carbocycles. The predicted molar refractivity (Wildman–Crippen MR) is 27.9 cm³/mol. The van der Waals surface area contributed by atoms with Crippen molar-refractivity contribution in [2.24, 2.45) is 5.14 Å². The molecule has 0 saturated heterocycles. The molecule has 0 aliphatic heterocycles. The van der Waals surface area contributed by atoms with Gasteiger partial charge in [0.1, 0.15) is 10.5 Å². The zero-order valence-corrected chi connectivity index (χ0v) is 6.51. The fourth-order valence-electron chi connectivity index (χ4n) is 0. The Bertz CT molecular complexity index is 94.9. The molecule has 0 aromatic carbocycles. The summed E-state index contributed by atoms with van der Waals surface area (Å²) in [4.78, 5) is 7.14. The maximum absolute atomic E-state index is 8.97. The van der Waals surface area contributed by atoms with Crippen LogP contribution >= 0.6 is 0 Å². The van der Waals surface area contributed by atoms with Crippen molar-refractivity contribution in [3.63, 3.8) is 0 Å². The first-order chi connectivity index (χ1) is 3.00. The maximum atomic E-state index is 8.97. The number of hydrogen-bond acceptors (Lipinski definition) is 3. The average Bonchev–Trinajstić information content (AvgIpc) is 1.36. The first-order valence-corrected chi connectivity index (χ1v) is 3.60. The van der Waals surface area contributed by atoms with E-state index < -0.39 is 10.3 Å². The molecular weight excluding hydrogens is 138 g/mol. The molecule has 4 N–H and O–H groups in total. The van der Waals surface area contributed by atoms with Crippen molar-refractivity contribution in [1.82, 2.24) is 0 Å². The Kier molecular flexibility index (Phi) is 6.09. The maximum Gasteiger partial charge on any atom is 0.330 e. The Labute approximate surface area is 44.6 Å². The summed E-state index contributed by atoms with van der Waals surface area (Å²) in [7, 11) is -3.86. The Morgan fingerprint density at radius 1 is 1.43 bits per heavy atom. The largest absolute Gasteiger partial charge is 0.442 e. The summed E-state index contributed by atoms with van der Waals surface area (Å²) in [5.74, 6) is 0. The van der Waals surface area contributed by atoms with E-state index >= 15 is 0 Å². The third kappa shape index (κ3) is 45100. The van der Waals surface area contributed by atoms with Crippen LogP contribution < -0.4 is 5.14 Å². The summed E-state index contributed by atoms with van der Waals surface area (Å²) in [5, 5.41) is 3.88. The van der Waals surface area contributed by atoms with Gasteiger partial charge >= 0.3 is 10.3 Å². The number of hydrogen-bond donors (Lipinski definition) is 3. The first-order valence-electron chi connectivity index (χ1n) is 1.20. The SMILES string of the molecule is NS(=O)(=O)O.O[SiH3]. The van der Waals surface area contributed by atoms with Crippen LogP contribution in [-0.4, -0.2) is 28.3 Å². The fourth-order valence-corrected chi connectivity index (χ4v) is 0. The van der Waals surface area contributed by atoms with Gasteiger partial charge in [-0.05, 0) is 0 Å². The summed E-state index contributed by atoms with van der Waals surface area (Å²) in [6.45, 7) is 0. The van der Waals surface area contributed by atoms with E-state index in [9.17, 15) is 0 Å². The Balaban J connectivity index is 0. The van der Waals surface area contributed by atoms with Gasteiger partial charge in [0.2, 0.25) is 0 Å². The molecule has 0 amide bonds. The van der Waals surface area contributed by atoms with Gasteiger partial charge < -0.3 is 4.80 Å². The van der Waals surface area contributed by atoms with Crippen LogP contribution in [0.2, 0.25) is 0 Å². The predicted octanol–water partition coefficient (Wildman–Crippen LogP) is -2.99. The van der Waals surface area contributed by atoms with E-state index in [1.54, 1.807) is 0 Å². The smallest absolute Gasteiger partial charge is 0.330 e. The van der Waals surface area contributed by atoms with Crippen LogP contribution in [-0.2, 0) is 10.3 Å². The zero-order valence-electron chi connectivity index (χ0n) is 3.70. The van der Waals surface area contributed by atoms with E-state index in [1.165, 1.54) is 0 Å². The lowest BCUT2D eigenvalue weighted by Gasteiger charge is -1.70. The van der Waals surface area contributed by atoms with Gasteiger partial charge in [0.05, 0.1) is 0 Å². The Hall–Kier alpha value is 0.0469. The molecule has 0 spiro atoms. The summed E-state index contributed by atoms with van der Waals surface area (Å²) in [6, 6.07) is 0. The summed E-state index contributed by atoms with van der Waals surface area (Å²) < 4.78 is 25.2. The third-order valence-corrected chi connectivity index (χ3v) is 0. The molecule has 0 aromatic rings. The summed E-state index contributed by atoms with van der Waals surface area (Å²) in [5.41, 5.74) is 0. The van der Waals surface area contributed by atoms with E-state index in [2.05, 4.69) is 5.14 Å². The van der Waals surface area contributed by atoms with Gasteiger partial charge in [-0.2, -0.15) is 8.42 Å². The van der Waals surface area contributed by atoms with Crippen LogP contribution in [0.3, 0.4) is 0 Å². The fraction of sp³-hybridized carbons (Fsp3) is 0. The molecule has 46 valence electrons. The van der Waals surface area contributed by atoms with Gasteiger partial charge in [0, 0.05) is 0 Å². The molecule has 0 bridgehead atoms. The van der Waals surface area contributed by atoms with Crippen molar-refractivity contribution in [3.8, 4) is 0 Å². The average molecular weight is 145 g/mol. The van der Waals surface area contributed by atoms with Crippen molar-refractivity contribution in [2.45, 2.75) is 0 Å². The minimum atomic E-state index is -4.17. The van der Waals surface area contributed by atoms with Gasteiger partial charge in [0.25, 0.3) is 0 Å². The molecule has 7 heavy (non-hydrogen) atoms. The van der Waals surface area contributed by atoms with E-state index in [-0.39, 0.29) is 0 Å². The highest BCUT2D eigenvalue weighted by atomic mass is 32.2. The Morgan fingerprint density at radius 3 is 1.43 bits per heavy atom. The van der Waals surface area contributed by atoms with Crippen LogP contribution in [0.15, 0.2) is 0 Å². The quantitative estimate of drug-likeness (QED) is 0.250. The summed E-state index contributed by atoms with van der Waals surface area (Å²) in [6.07, 6.45) is 0. The highest BCUT2D eigenvalue weighted by Gasteiger charge is 1.81. The molecular formula is H7NO4SSi. The molecule has 0 unspecified atom stereocenters. The van der Waals surface area contributed by atoms with Crippen LogP contribution in [0.4, 0.5) is 0 Å². The second-order valence-electron chi connectivity index (χ2n) is 0.515. The van der Waals surface area contributed by atoms with Crippen molar-refractivity contribution in [2.75, 3.05) is 0 Å². The molecule has 0 aliphatic rings. The molecule has 0 atom stereocenters. The van der Waals surface area contributed by atoms with Crippen LogP contribution in [0.1, 0.15) is 0 Å². The second-order valence-corrected chi connectivity index (χ2v) is 1.54. The van der Waals surface area contributed by atoms with Crippen LogP contribution in [0.5, 0.6) is 0 Å². The van der Waals surface area contributed by atoms with Crippen molar-refractivity contribution < 1.29 is 17.8 Å². The summed E-state index contributed by atoms with van der Waals surface area (Å²) >= 11 is 0. The zero-order chi connectivity index (χ0) is 6.50. The van der Waals surface area contributed by atoms with Crippen LogP contribution in [0.25, 0.3) is 0 Å². The standard InChI is InChI=1S/H3NO3S.H4OSi/c1-5(2,3)4;1-2/h(H3,1,2,3,4);1H,2H3. The second kappa shape index (κ2) is 4.21. The number of nitrogens with two attached hydrogens (primary N) is 1. The minimum absolute atomic E-state index is 0.306. The molecule has 0 heterocycles. The van der Waals surface area contributed by atoms with Crippen molar-refractivity contribution >= 4 is 20.8 Å². The lowest BCUT2D eigenvalue weighted by atomic mass is 13.9. The van der Waals surface area contributed by atoms with Crippen molar-refractivity contribution in [3.05, 3.63) is 0 Å². The molecule has 0 aliphatic carbocycles. The van der Waals surface area contributed by atoms with Gasteiger partial charge in [0.15, 0.2) is 0 Å². The van der Waals surface area contributed by atoms with E-state index in [0.717, 1.165) is 0 Å². The van der Waals surface area contributed by atoms with Gasteiger partial charge in [-0.1, -0.05) is 0 Å². The van der Waals surface area contributed by atoms with E-state index in [1.807, 2.05) is 0 Å². The highest BCUT2D eigenvalue weighted by molar-refractivity contribution is 7.83. The van der Waals surface area contributed by atoms with Crippen molar-refractivity contribution in [1.29, 1.82) is 0 Å². The topological polar surface area (TPSA) is 101 Å². The third-order valence-electron chi connectivity index (χ3n) is 0. The minimum Gasteiger partial charge on any atom is -0.442 e. The Morgan fingerprint density at radius 2 is 1.43 bits per heavy atom.